The first-order valence-electron chi connectivity index (χ1n) is 6.69. The van der Waals surface area contributed by atoms with E-state index in [1.807, 2.05) is 6.92 Å². The number of carbonyl (C=O) groups excluding carboxylic acids is 1. The number of rotatable bonds is 5. The molecule has 0 saturated heterocycles. The van der Waals surface area contributed by atoms with E-state index in [4.69, 9.17) is 5.73 Å². The Morgan fingerprint density at radius 2 is 1.88 bits per heavy atom. The molecule has 0 bridgehead atoms. The van der Waals surface area contributed by atoms with E-state index in [1.54, 1.807) is 0 Å². The zero-order valence-corrected chi connectivity index (χ0v) is 10.1. The second-order valence-electron chi connectivity index (χ2n) is 6.19. The van der Waals surface area contributed by atoms with Crippen LogP contribution in [0.1, 0.15) is 45.4 Å². The van der Waals surface area contributed by atoms with Gasteiger partial charge in [-0.1, -0.05) is 0 Å². The van der Waals surface area contributed by atoms with Gasteiger partial charge in [-0.2, -0.15) is 0 Å². The lowest BCUT2D eigenvalue weighted by atomic mass is 9.95. The van der Waals surface area contributed by atoms with Gasteiger partial charge in [0, 0.05) is 12.6 Å². The molecule has 16 heavy (non-hydrogen) atoms. The van der Waals surface area contributed by atoms with E-state index in [-0.39, 0.29) is 5.91 Å². The summed E-state index contributed by atoms with van der Waals surface area (Å²) in [4.78, 5) is 14.6. The summed E-state index contributed by atoms with van der Waals surface area (Å²) in [5.41, 5.74) is 5.65. The fraction of sp³-hybridized carbons (Fsp3) is 0.923. The van der Waals surface area contributed by atoms with Crippen molar-refractivity contribution < 1.29 is 4.79 Å². The van der Waals surface area contributed by atoms with Crippen molar-refractivity contribution in [1.29, 1.82) is 0 Å². The summed E-state index contributed by atoms with van der Waals surface area (Å²) in [5.74, 6) is 1.45. The average molecular weight is 222 g/mol. The largest absolute Gasteiger partial charge is 0.338 e. The second kappa shape index (κ2) is 3.46. The third-order valence-corrected chi connectivity index (χ3v) is 4.29. The molecule has 90 valence electrons. The molecule has 0 radical (unpaired) electrons. The maximum Gasteiger partial charge on any atom is 0.242 e. The summed E-state index contributed by atoms with van der Waals surface area (Å²) in [5, 5.41) is 0. The van der Waals surface area contributed by atoms with Gasteiger partial charge in [-0.05, 0) is 57.3 Å². The summed E-state index contributed by atoms with van der Waals surface area (Å²) in [6.07, 6.45) is 7.28. The lowest BCUT2D eigenvalue weighted by Crippen LogP contribution is -2.56. The molecule has 0 aromatic heterocycles. The zero-order chi connectivity index (χ0) is 11.3. The lowest BCUT2D eigenvalue weighted by Gasteiger charge is -2.32. The smallest absolute Gasteiger partial charge is 0.242 e. The van der Waals surface area contributed by atoms with Gasteiger partial charge in [0.15, 0.2) is 0 Å². The van der Waals surface area contributed by atoms with Gasteiger partial charge in [-0.3, -0.25) is 4.79 Å². The number of amides is 1. The van der Waals surface area contributed by atoms with Crippen molar-refractivity contribution in [3.63, 3.8) is 0 Å². The highest BCUT2D eigenvalue weighted by Crippen LogP contribution is 2.42. The van der Waals surface area contributed by atoms with Gasteiger partial charge >= 0.3 is 0 Å². The third kappa shape index (κ3) is 1.97. The van der Waals surface area contributed by atoms with Crippen molar-refractivity contribution in [2.75, 3.05) is 6.54 Å². The van der Waals surface area contributed by atoms with Crippen LogP contribution in [0.3, 0.4) is 0 Å². The van der Waals surface area contributed by atoms with Crippen LogP contribution in [-0.4, -0.2) is 28.9 Å². The van der Waals surface area contributed by atoms with Crippen molar-refractivity contribution in [1.82, 2.24) is 4.90 Å². The molecule has 3 heteroatoms. The molecule has 0 aromatic rings. The number of hydrogen-bond donors (Lipinski definition) is 1. The molecule has 3 aliphatic carbocycles. The van der Waals surface area contributed by atoms with Crippen LogP contribution in [0.5, 0.6) is 0 Å². The van der Waals surface area contributed by atoms with Crippen LogP contribution in [0.25, 0.3) is 0 Å². The second-order valence-corrected chi connectivity index (χ2v) is 6.19. The summed E-state index contributed by atoms with van der Waals surface area (Å²) in [6, 6.07) is 0.523. The van der Waals surface area contributed by atoms with Crippen molar-refractivity contribution in [2.45, 2.75) is 57.0 Å². The first kappa shape index (κ1) is 10.6. The summed E-state index contributed by atoms with van der Waals surface area (Å²) >= 11 is 0. The van der Waals surface area contributed by atoms with Crippen LogP contribution in [0.2, 0.25) is 0 Å². The summed E-state index contributed by atoms with van der Waals surface area (Å²) < 4.78 is 0. The van der Waals surface area contributed by atoms with Crippen LogP contribution in [0.4, 0.5) is 0 Å². The van der Waals surface area contributed by atoms with Crippen molar-refractivity contribution in [2.24, 2.45) is 17.6 Å². The predicted molar refractivity (Wildman–Crippen MR) is 62.8 cm³/mol. The van der Waals surface area contributed by atoms with Crippen LogP contribution in [-0.2, 0) is 4.79 Å². The van der Waals surface area contributed by atoms with Crippen LogP contribution >= 0.6 is 0 Å². The molecule has 1 amide bonds. The van der Waals surface area contributed by atoms with Gasteiger partial charge < -0.3 is 10.6 Å². The van der Waals surface area contributed by atoms with Gasteiger partial charge in [0.2, 0.25) is 5.91 Å². The Labute approximate surface area is 97.4 Å². The normalized spacial score (nSPS) is 28.6. The molecular formula is C13H22N2O. The average Bonchev–Trinajstić information content (AvgIpc) is 3.13. The standard InChI is InChI=1S/C13H22N2O/c1-13(14,10-4-5-10)12(16)15(11-6-7-11)8-9-2-3-9/h9-11H,2-8,14H2,1H3. The van der Waals surface area contributed by atoms with Crippen LogP contribution in [0, 0.1) is 11.8 Å². The quantitative estimate of drug-likeness (QED) is 0.766. The summed E-state index contributed by atoms with van der Waals surface area (Å²) in [7, 11) is 0. The lowest BCUT2D eigenvalue weighted by molar-refractivity contribution is -0.138. The summed E-state index contributed by atoms with van der Waals surface area (Å²) in [6.45, 7) is 2.91. The Kier molecular flexibility index (Phi) is 2.29. The Hall–Kier alpha value is -0.570. The number of nitrogens with two attached hydrogens (primary N) is 1. The van der Waals surface area contributed by atoms with E-state index in [2.05, 4.69) is 4.90 Å². The van der Waals surface area contributed by atoms with Crippen molar-refractivity contribution in [3.8, 4) is 0 Å². The molecule has 2 N–H and O–H groups in total. The van der Waals surface area contributed by atoms with Gasteiger partial charge in [-0.15, -0.1) is 0 Å². The van der Waals surface area contributed by atoms with E-state index in [0.717, 1.165) is 25.3 Å². The molecule has 1 unspecified atom stereocenters. The minimum atomic E-state index is -0.586. The Morgan fingerprint density at radius 3 is 2.31 bits per heavy atom. The highest BCUT2D eigenvalue weighted by Gasteiger charge is 2.49. The van der Waals surface area contributed by atoms with E-state index in [9.17, 15) is 4.79 Å². The van der Waals surface area contributed by atoms with Gasteiger partial charge in [0.25, 0.3) is 0 Å². The molecule has 1 atom stereocenters. The first-order valence-corrected chi connectivity index (χ1v) is 6.69. The predicted octanol–water partition coefficient (Wildman–Crippen LogP) is 1.51. The minimum absolute atomic E-state index is 0.226. The van der Waals surface area contributed by atoms with Gasteiger partial charge in [0.05, 0.1) is 5.54 Å². The maximum absolute atomic E-state index is 12.5. The van der Waals surface area contributed by atoms with Crippen molar-refractivity contribution in [3.05, 3.63) is 0 Å². The van der Waals surface area contributed by atoms with Crippen LogP contribution < -0.4 is 5.73 Å². The molecule has 3 aliphatic rings. The third-order valence-electron chi connectivity index (χ3n) is 4.29. The Balaban J connectivity index is 1.68. The van der Waals surface area contributed by atoms with E-state index >= 15 is 0 Å². The minimum Gasteiger partial charge on any atom is -0.338 e. The van der Waals surface area contributed by atoms with E-state index in [0.29, 0.717) is 12.0 Å². The van der Waals surface area contributed by atoms with Crippen LogP contribution in [0.15, 0.2) is 0 Å². The topological polar surface area (TPSA) is 46.3 Å². The molecule has 3 saturated carbocycles. The number of carbonyl (C=O) groups is 1. The van der Waals surface area contributed by atoms with E-state index < -0.39 is 5.54 Å². The molecule has 0 aromatic carbocycles. The molecule has 3 nitrogen and oxygen atoms in total. The Bertz CT molecular complexity index is 301. The molecular weight excluding hydrogens is 200 g/mol. The number of nitrogens with zero attached hydrogens (tertiary/aromatic N) is 1. The fourth-order valence-electron chi connectivity index (χ4n) is 2.53. The SMILES string of the molecule is CC(N)(C(=O)N(CC1CC1)C1CC1)C1CC1. The van der Waals surface area contributed by atoms with Crippen molar-refractivity contribution >= 4 is 5.91 Å². The highest BCUT2D eigenvalue weighted by molar-refractivity contribution is 5.87. The maximum atomic E-state index is 12.5. The fourth-order valence-corrected chi connectivity index (χ4v) is 2.53. The molecule has 0 heterocycles. The van der Waals surface area contributed by atoms with E-state index in [1.165, 1.54) is 25.7 Å². The van der Waals surface area contributed by atoms with Gasteiger partial charge in [-0.25, -0.2) is 0 Å². The molecule has 3 rings (SSSR count). The molecule has 0 spiro atoms. The zero-order valence-electron chi connectivity index (χ0n) is 10.1. The molecule has 0 aliphatic heterocycles. The number of hydrogen-bond acceptors (Lipinski definition) is 2. The highest BCUT2D eigenvalue weighted by atomic mass is 16.2. The first-order chi connectivity index (χ1) is 7.59. The van der Waals surface area contributed by atoms with Gasteiger partial charge in [0.1, 0.15) is 0 Å². The molecule has 3 fully saturated rings. The monoisotopic (exact) mass is 222 g/mol. The Morgan fingerprint density at radius 1 is 1.25 bits per heavy atom.